The van der Waals surface area contributed by atoms with Gasteiger partial charge in [-0.1, -0.05) is 24.3 Å². The molecule has 0 saturated carbocycles. The molecule has 1 amide bonds. The first kappa shape index (κ1) is 22.7. The number of carboxylic acid groups (broad SMARTS) is 1. The second-order valence-corrected chi connectivity index (χ2v) is 8.29. The van der Waals surface area contributed by atoms with Gasteiger partial charge in [-0.15, -0.1) is 6.58 Å². The number of carbonyl (C=O) groups is 2. The fourth-order valence-electron chi connectivity index (χ4n) is 4.66. The van der Waals surface area contributed by atoms with E-state index in [4.69, 9.17) is 14.2 Å². The van der Waals surface area contributed by atoms with Gasteiger partial charge in [-0.25, -0.2) is 0 Å². The van der Waals surface area contributed by atoms with Gasteiger partial charge in [-0.05, 0) is 35.4 Å². The molecule has 0 aromatic heterocycles. The standard InChI is InChI=1S/C25H28N2O6/c1-4-11-26(2)22(28)14-27-13-19(17-7-10-20-21(12-17)33-15-32-20)23(25(29)30)24(27)16-5-8-18(31-3)9-6-16/h4-10,12,19,23-24H,1,11,13-15H2,2-3H3,(H,29,30)/t19-,23+,24-/m1/s1. The fourth-order valence-corrected chi connectivity index (χ4v) is 4.66. The molecule has 4 rings (SSSR count). The summed E-state index contributed by atoms with van der Waals surface area (Å²) in [6.07, 6.45) is 1.66. The zero-order valence-corrected chi connectivity index (χ0v) is 18.8. The zero-order valence-electron chi connectivity index (χ0n) is 18.8. The summed E-state index contributed by atoms with van der Waals surface area (Å²) in [4.78, 5) is 29.0. The average molecular weight is 453 g/mol. The van der Waals surface area contributed by atoms with Crippen molar-refractivity contribution in [3.63, 3.8) is 0 Å². The molecule has 8 nitrogen and oxygen atoms in total. The Labute approximate surface area is 193 Å². The summed E-state index contributed by atoms with van der Waals surface area (Å²) in [5.41, 5.74) is 1.67. The third-order valence-corrected chi connectivity index (χ3v) is 6.33. The Bertz CT molecular complexity index is 1040. The second kappa shape index (κ2) is 9.54. The van der Waals surface area contributed by atoms with Gasteiger partial charge < -0.3 is 24.2 Å². The van der Waals surface area contributed by atoms with E-state index in [-0.39, 0.29) is 25.2 Å². The third kappa shape index (κ3) is 4.52. The van der Waals surface area contributed by atoms with Crippen molar-refractivity contribution in [2.75, 3.05) is 40.6 Å². The number of ether oxygens (including phenoxy) is 3. The molecule has 2 heterocycles. The van der Waals surface area contributed by atoms with Crippen LogP contribution in [0.5, 0.6) is 17.2 Å². The number of rotatable bonds is 8. The molecule has 0 spiro atoms. The molecule has 2 aromatic carbocycles. The summed E-state index contributed by atoms with van der Waals surface area (Å²) in [7, 11) is 3.30. The van der Waals surface area contributed by atoms with Gasteiger partial charge in [-0.3, -0.25) is 14.5 Å². The number of hydrogen-bond donors (Lipinski definition) is 1. The molecule has 1 saturated heterocycles. The van der Waals surface area contributed by atoms with E-state index in [1.165, 1.54) is 0 Å². The van der Waals surface area contributed by atoms with Crippen molar-refractivity contribution in [3.05, 3.63) is 66.2 Å². The number of hydrogen-bond acceptors (Lipinski definition) is 6. The normalized spacial score (nSPS) is 21.6. The summed E-state index contributed by atoms with van der Waals surface area (Å²) < 4.78 is 16.2. The SMILES string of the molecule is C=CCN(C)C(=O)CN1C[C@H](c2ccc3c(c2)OCO3)[C@H](C(=O)O)[C@H]1c1ccc(OC)cc1. The molecule has 2 aliphatic heterocycles. The predicted molar refractivity (Wildman–Crippen MR) is 122 cm³/mol. The number of fused-ring (bicyclic) bond motifs is 1. The van der Waals surface area contributed by atoms with Gasteiger partial charge >= 0.3 is 5.97 Å². The lowest BCUT2D eigenvalue weighted by Crippen LogP contribution is -2.39. The van der Waals surface area contributed by atoms with E-state index in [0.717, 1.165) is 11.1 Å². The van der Waals surface area contributed by atoms with Gasteiger partial charge in [0.05, 0.1) is 19.6 Å². The number of nitrogens with zero attached hydrogens (tertiary/aromatic N) is 2. The van der Waals surface area contributed by atoms with E-state index in [9.17, 15) is 14.7 Å². The van der Waals surface area contributed by atoms with Crippen LogP contribution in [-0.2, 0) is 9.59 Å². The number of carboxylic acids is 1. The van der Waals surface area contributed by atoms with E-state index in [1.54, 1.807) is 25.1 Å². The first-order valence-corrected chi connectivity index (χ1v) is 10.8. The van der Waals surface area contributed by atoms with Crippen LogP contribution in [0.4, 0.5) is 0 Å². The Hall–Kier alpha value is -3.52. The van der Waals surface area contributed by atoms with Crippen molar-refractivity contribution in [3.8, 4) is 17.2 Å². The van der Waals surface area contributed by atoms with Crippen LogP contribution in [0.2, 0.25) is 0 Å². The minimum Gasteiger partial charge on any atom is -0.497 e. The largest absolute Gasteiger partial charge is 0.497 e. The van der Waals surface area contributed by atoms with Crippen LogP contribution >= 0.6 is 0 Å². The molecular formula is C25H28N2O6. The summed E-state index contributed by atoms with van der Waals surface area (Å²) in [6, 6.07) is 12.4. The highest BCUT2D eigenvalue weighted by Crippen LogP contribution is 2.47. The Kier molecular flexibility index (Phi) is 6.55. The second-order valence-electron chi connectivity index (χ2n) is 8.29. The number of carbonyl (C=O) groups excluding carboxylic acids is 1. The summed E-state index contributed by atoms with van der Waals surface area (Å²) in [5, 5.41) is 10.3. The van der Waals surface area contributed by atoms with E-state index in [1.807, 2.05) is 47.4 Å². The number of aliphatic carboxylic acids is 1. The Morgan fingerprint density at radius 1 is 1.18 bits per heavy atom. The number of likely N-dealkylation sites (N-methyl/N-ethyl adjacent to an activating group) is 1. The van der Waals surface area contributed by atoms with Crippen LogP contribution in [0.3, 0.4) is 0 Å². The quantitative estimate of drug-likeness (QED) is 0.616. The van der Waals surface area contributed by atoms with Crippen molar-refractivity contribution in [1.29, 1.82) is 0 Å². The molecular weight excluding hydrogens is 424 g/mol. The van der Waals surface area contributed by atoms with E-state index >= 15 is 0 Å². The van der Waals surface area contributed by atoms with Crippen molar-refractivity contribution in [1.82, 2.24) is 9.80 Å². The van der Waals surface area contributed by atoms with Crippen LogP contribution in [0.1, 0.15) is 23.1 Å². The molecule has 0 aliphatic carbocycles. The van der Waals surface area contributed by atoms with Crippen LogP contribution in [0, 0.1) is 5.92 Å². The highest BCUT2D eigenvalue weighted by molar-refractivity contribution is 5.79. The van der Waals surface area contributed by atoms with Gasteiger partial charge in [0.1, 0.15) is 5.75 Å². The highest BCUT2D eigenvalue weighted by atomic mass is 16.7. The summed E-state index contributed by atoms with van der Waals surface area (Å²) >= 11 is 0. The monoisotopic (exact) mass is 452 g/mol. The third-order valence-electron chi connectivity index (χ3n) is 6.33. The molecule has 2 aromatic rings. The number of methoxy groups -OCH3 is 1. The predicted octanol–water partition coefficient (Wildman–Crippen LogP) is 2.91. The Morgan fingerprint density at radius 2 is 1.88 bits per heavy atom. The minimum atomic E-state index is -0.909. The van der Waals surface area contributed by atoms with Crippen LogP contribution in [0.15, 0.2) is 55.1 Å². The molecule has 174 valence electrons. The molecule has 0 radical (unpaired) electrons. The van der Waals surface area contributed by atoms with Crippen molar-refractivity contribution in [2.45, 2.75) is 12.0 Å². The van der Waals surface area contributed by atoms with Gasteiger partial charge in [0.15, 0.2) is 11.5 Å². The Balaban J connectivity index is 1.71. The molecule has 33 heavy (non-hydrogen) atoms. The number of amides is 1. The summed E-state index contributed by atoms with van der Waals surface area (Å²) in [6.45, 7) is 4.78. The smallest absolute Gasteiger partial charge is 0.309 e. The lowest BCUT2D eigenvalue weighted by Gasteiger charge is -2.28. The highest BCUT2D eigenvalue weighted by Gasteiger charge is 2.48. The van der Waals surface area contributed by atoms with Gasteiger partial charge in [0, 0.05) is 32.1 Å². The van der Waals surface area contributed by atoms with Crippen molar-refractivity contribution < 1.29 is 28.9 Å². The molecule has 0 unspecified atom stereocenters. The lowest BCUT2D eigenvalue weighted by atomic mass is 9.82. The minimum absolute atomic E-state index is 0.0936. The van der Waals surface area contributed by atoms with Gasteiger partial charge in [0.2, 0.25) is 12.7 Å². The number of benzene rings is 2. The maximum absolute atomic E-state index is 12.9. The fraction of sp³-hybridized carbons (Fsp3) is 0.360. The maximum Gasteiger partial charge on any atom is 0.309 e. The average Bonchev–Trinajstić information content (AvgIpc) is 3.43. The first-order valence-electron chi connectivity index (χ1n) is 10.8. The van der Waals surface area contributed by atoms with E-state index in [0.29, 0.717) is 30.3 Å². The first-order chi connectivity index (χ1) is 15.9. The number of likely N-dealkylation sites (tertiary alicyclic amines) is 1. The van der Waals surface area contributed by atoms with Crippen molar-refractivity contribution in [2.24, 2.45) is 5.92 Å². The maximum atomic E-state index is 12.9. The molecule has 3 atom stereocenters. The van der Waals surface area contributed by atoms with Crippen LogP contribution in [0.25, 0.3) is 0 Å². The van der Waals surface area contributed by atoms with E-state index in [2.05, 4.69) is 6.58 Å². The molecule has 1 N–H and O–H groups in total. The van der Waals surface area contributed by atoms with Gasteiger partial charge in [0.25, 0.3) is 0 Å². The Morgan fingerprint density at radius 3 is 2.55 bits per heavy atom. The van der Waals surface area contributed by atoms with Crippen LogP contribution in [-0.4, -0.2) is 67.4 Å². The molecule has 2 aliphatic rings. The summed E-state index contributed by atoms with van der Waals surface area (Å²) in [5.74, 6) is -0.148. The molecule has 0 bridgehead atoms. The molecule has 1 fully saturated rings. The molecule has 8 heteroatoms. The van der Waals surface area contributed by atoms with Crippen molar-refractivity contribution >= 4 is 11.9 Å². The van der Waals surface area contributed by atoms with Crippen LogP contribution < -0.4 is 14.2 Å². The zero-order chi connectivity index (χ0) is 23.5. The topological polar surface area (TPSA) is 88.5 Å². The van der Waals surface area contributed by atoms with E-state index < -0.39 is 17.9 Å². The lowest BCUT2D eigenvalue weighted by molar-refractivity contribution is -0.143. The van der Waals surface area contributed by atoms with Gasteiger partial charge in [-0.2, -0.15) is 0 Å².